The number of hydrogen-bond donors (Lipinski definition) is 2. The van der Waals surface area contributed by atoms with Crippen molar-refractivity contribution in [1.29, 1.82) is 0 Å². The average molecular weight is 300 g/mol. The maximum absolute atomic E-state index is 12.0. The van der Waals surface area contributed by atoms with E-state index < -0.39 is 0 Å². The van der Waals surface area contributed by atoms with Gasteiger partial charge in [0.25, 0.3) is 0 Å². The molecule has 1 heterocycles. The summed E-state index contributed by atoms with van der Waals surface area (Å²) in [6, 6.07) is 11.9. The molecule has 118 valence electrons. The Bertz CT molecular complexity index is 551. The fourth-order valence-electron chi connectivity index (χ4n) is 2.36. The quantitative estimate of drug-likeness (QED) is 0.772. The molecule has 0 fully saturated rings. The highest BCUT2D eigenvalue weighted by molar-refractivity contribution is 5.74. The predicted molar refractivity (Wildman–Crippen MR) is 87.4 cm³/mol. The first-order valence-corrected chi connectivity index (χ1v) is 7.73. The van der Waals surface area contributed by atoms with Crippen LogP contribution in [0.5, 0.6) is 0 Å². The van der Waals surface area contributed by atoms with Crippen LogP contribution in [0.4, 0.5) is 4.79 Å². The molecule has 5 heteroatoms. The van der Waals surface area contributed by atoms with Crippen molar-refractivity contribution in [2.24, 2.45) is 5.92 Å². The third-order valence-electron chi connectivity index (χ3n) is 3.52. The molecular formula is C17H24N4O. The molecule has 5 nitrogen and oxygen atoms in total. The van der Waals surface area contributed by atoms with E-state index in [0.29, 0.717) is 12.5 Å². The van der Waals surface area contributed by atoms with Gasteiger partial charge in [-0.05, 0) is 24.0 Å². The molecule has 0 aliphatic heterocycles. The van der Waals surface area contributed by atoms with Gasteiger partial charge in [0.15, 0.2) is 0 Å². The lowest BCUT2D eigenvalue weighted by atomic mass is 9.96. The molecule has 2 rings (SSSR count). The molecule has 0 aliphatic rings. The highest BCUT2D eigenvalue weighted by Crippen LogP contribution is 2.20. The first kappa shape index (κ1) is 16.1. The van der Waals surface area contributed by atoms with Crippen molar-refractivity contribution >= 4 is 6.03 Å². The molecule has 0 aliphatic carbocycles. The summed E-state index contributed by atoms with van der Waals surface area (Å²) in [4.78, 5) is 12.0. The van der Waals surface area contributed by atoms with E-state index in [1.165, 1.54) is 0 Å². The van der Waals surface area contributed by atoms with Crippen LogP contribution in [-0.4, -0.2) is 22.4 Å². The van der Waals surface area contributed by atoms with Crippen molar-refractivity contribution in [3.63, 3.8) is 0 Å². The molecular weight excluding hydrogens is 276 g/mol. The van der Waals surface area contributed by atoms with Gasteiger partial charge in [0.1, 0.15) is 0 Å². The van der Waals surface area contributed by atoms with Crippen LogP contribution < -0.4 is 10.6 Å². The van der Waals surface area contributed by atoms with Gasteiger partial charge in [-0.3, -0.25) is 4.68 Å². The Morgan fingerprint density at radius 1 is 1.23 bits per heavy atom. The fourth-order valence-corrected chi connectivity index (χ4v) is 2.36. The zero-order valence-electron chi connectivity index (χ0n) is 13.2. The molecule has 2 N–H and O–H groups in total. The van der Waals surface area contributed by atoms with Crippen LogP contribution in [-0.2, 0) is 6.54 Å². The molecule has 0 radical (unpaired) electrons. The molecule has 0 saturated carbocycles. The Kier molecular flexibility index (Phi) is 6.01. The second-order valence-corrected chi connectivity index (χ2v) is 5.66. The molecule has 22 heavy (non-hydrogen) atoms. The van der Waals surface area contributed by atoms with Gasteiger partial charge >= 0.3 is 6.03 Å². The van der Waals surface area contributed by atoms with E-state index >= 15 is 0 Å². The standard InChI is InChI=1S/C17H24N4O/c1-14(2)16(15-8-4-3-5-9-15)20-17(22)18-10-6-12-21-13-7-11-19-21/h3-5,7-9,11,13-14,16H,6,10,12H2,1-2H3,(H2,18,20,22)/t16-/m1/s1. The van der Waals surface area contributed by atoms with Crippen molar-refractivity contribution in [1.82, 2.24) is 20.4 Å². The van der Waals surface area contributed by atoms with Crippen LogP contribution >= 0.6 is 0 Å². The van der Waals surface area contributed by atoms with Gasteiger partial charge in [0.05, 0.1) is 6.04 Å². The van der Waals surface area contributed by atoms with Gasteiger partial charge in [-0.1, -0.05) is 44.2 Å². The van der Waals surface area contributed by atoms with E-state index in [4.69, 9.17) is 0 Å². The summed E-state index contributed by atoms with van der Waals surface area (Å²) in [6.45, 7) is 5.65. The van der Waals surface area contributed by atoms with Crippen molar-refractivity contribution in [3.8, 4) is 0 Å². The predicted octanol–water partition coefficient (Wildman–Crippen LogP) is 2.97. The third-order valence-corrected chi connectivity index (χ3v) is 3.52. The zero-order chi connectivity index (χ0) is 15.8. The summed E-state index contributed by atoms with van der Waals surface area (Å²) in [5, 5.41) is 10.1. The number of carbonyl (C=O) groups is 1. The lowest BCUT2D eigenvalue weighted by Crippen LogP contribution is -2.40. The van der Waals surface area contributed by atoms with Gasteiger partial charge in [-0.15, -0.1) is 0 Å². The second-order valence-electron chi connectivity index (χ2n) is 5.66. The average Bonchev–Trinajstić information content (AvgIpc) is 3.03. The Morgan fingerprint density at radius 2 is 2.00 bits per heavy atom. The zero-order valence-corrected chi connectivity index (χ0v) is 13.2. The number of urea groups is 1. The lowest BCUT2D eigenvalue weighted by Gasteiger charge is -2.23. The van der Waals surface area contributed by atoms with Crippen LogP contribution in [0.15, 0.2) is 48.8 Å². The van der Waals surface area contributed by atoms with Crippen LogP contribution in [0.3, 0.4) is 0 Å². The van der Waals surface area contributed by atoms with Gasteiger partial charge < -0.3 is 10.6 Å². The molecule has 2 aromatic rings. The SMILES string of the molecule is CC(C)[C@@H](NC(=O)NCCCn1cccn1)c1ccccc1. The Balaban J connectivity index is 1.76. The number of aromatic nitrogens is 2. The van der Waals surface area contributed by atoms with Gasteiger partial charge in [-0.25, -0.2) is 4.79 Å². The highest BCUT2D eigenvalue weighted by atomic mass is 16.2. The van der Waals surface area contributed by atoms with Crippen LogP contribution in [0.1, 0.15) is 31.9 Å². The number of amides is 2. The first-order valence-electron chi connectivity index (χ1n) is 7.73. The third kappa shape index (κ3) is 4.91. The van der Waals surface area contributed by atoms with Gasteiger partial charge in [-0.2, -0.15) is 5.10 Å². The van der Waals surface area contributed by atoms with E-state index in [1.54, 1.807) is 6.20 Å². The largest absolute Gasteiger partial charge is 0.338 e. The summed E-state index contributed by atoms with van der Waals surface area (Å²) in [5.41, 5.74) is 1.13. The van der Waals surface area contributed by atoms with Crippen LogP contribution in [0, 0.1) is 5.92 Å². The number of carbonyl (C=O) groups excluding carboxylic acids is 1. The minimum Gasteiger partial charge on any atom is -0.338 e. The van der Waals surface area contributed by atoms with Crippen molar-refractivity contribution in [2.45, 2.75) is 32.9 Å². The molecule has 1 aromatic heterocycles. The number of aryl methyl sites for hydroxylation is 1. The maximum Gasteiger partial charge on any atom is 0.315 e. The number of rotatable bonds is 7. The summed E-state index contributed by atoms with van der Waals surface area (Å²) in [6.07, 6.45) is 4.53. The van der Waals surface area contributed by atoms with Gasteiger partial charge in [0.2, 0.25) is 0 Å². The molecule has 2 amide bonds. The number of hydrogen-bond acceptors (Lipinski definition) is 2. The molecule has 0 saturated heterocycles. The molecule has 1 aromatic carbocycles. The summed E-state index contributed by atoms with van der Waals surface area (Å²) in [5.74, 6) is 0.331. The number of benzene rings is 1. The van der Waals surface area contributed by atoms with Crippen LogP contribution in [0.25, 0.3) is 0 Å². The van der Waals surface area contributed by atoms with Crippen LogP contribution in [0.2, 0.25) is 0 Å². The summed E-state index contributed by atoms with van der Waals surface area (Å²) in [7, 11) is 0. The van der Waals surface area contributed by atoms with E-state index in [-0.39, 0.29) is 12.1 Å². The number of nitrogens with zero attached hydrogens (tertiary/aromatic N) is 2. The molecule has 0 bridgehead atoms. The van der Waals surface area contributed by atoms with Gasteiger partial charge in [0, 0.05) is 25.5 Å². The Labute approximate surface area is 131 Å². The topological polar surface area (TPSA) is 59.0 Å². The highest BCUT2D eigenvalue weighted by Gasteiger charge is 2.17. The lowest BCUT2D eigenvalue weighted by molar-refractivity contribution is 0.232. The Hall–Kier alpha value is -2.30. The van der Waals surface area contributed by atoms with E-state index in [0.717, 1.165) is 18.5 Å². The number of nitrogens with one attached hydrogen (secondary N) is 2. The minimum atomic E-state index is -0.122. The van der Waals surface area contributed by atoms with Crippen molar-refractivity contribution in [2.75, 3.05) is 6.54 Å². The molecule has 1 atom stereocenters. The monoisotopic (exact) mass is 300 g/mol. The maximum atomic E-state index is 12.0. The summed E-state index contributed by atoms with van der Waals surface area (Å²) < 4.78 is 1.86. The van der Waals surface area contributed by atoms with E-state index in [1.807, 2.05) is 47.3 Å². The van der Waals surface area contributed by atoms with E-state index in [2.05, 4.69) is 29.6 Å². The smallest absolute Gasteiger partial charge is 0.315 e. The normalized spacial score (nSPS) is 12.1. The van der Waals surface area contributed by atoms with Crippen molar-refractivity contribution < 1.29 is 4.79 Å². The minimum absolute atomic E-state index is 0.0207. The van der Waals surface area contributed by atoms with Crippen molar-refractivity contribution in [3.05, 3.63) is 54.4 Å². The van der Waals surface area contributed by atoms with E-state index in [9.17, 15) is 4.79 Å². The first-order chi connectivity index (χ1) is 10.7. The fraction of sp³-hybridized carbons (Fsp3) is 0.412. The molecule has 0 unspecified atom stereocenters. The Morgan fingerprint density at radius 3 is 2.64 bits per heavy atom. The summed E-state index contributed by atoms with van der Waals surface area (Å²) >= 11 is 0. The second kappa shape index (κ2) is 8.22. The molecule has 0 spiro atoms.